The summed E-state index contributed by atoms with van der Waals surface area (Å²) < 4.78 is 0. The van der Waals surface area contributed by atoms with Gasteiger partial charge in [-0.25, -0.2) is 0 Å². The molecular formula is C9H14N4O2. The lowest BCUT2D eigenvalue weighted by atomic mass is 10.1. The minimum atomic E-state index is -0.470. The largest absolute Gasteiger partial charge is 0.373 e. The average molecular weight is 210 g/mol. The summed E-state index contributed by atoms with van der Waals surface area (Å²) in [6.07, 6.45) is 2.72. The molecule has 0 aliphatic rings. The van der Waals surface area contributed by atoms with E-state index in [0.29, 0.717) is 12.2 Å². The third-order valence-electron chi connectivity index (χ3n) is 1.98. The molecule has 0 saturated heterocycles. The summed E-state index contributed by atoms with van der Waals surface area (Å²) in [7, 11) is 0. The van der Waals surface area contributed by atoms with Gasteiger partial charge in [0, 0.05) is 18.3 Å². The molecule has 6 heteroatoms. The Balaban J connectivity index is 2.99. The molecule has 0 radical (unpaired) electrons. The smallest absolute Gasteiger partial charge is 0.310 e. The number of rotatable bonds is 4. The number of nitrogens with two attached hydrogens (primary N) is 1. The van der Waals surface area contributed by atoms with Crippen molar-refractivity contribution in [2.24, 2.45) is 5.73 Å². The Labute approximate surface area is 87.7 Å². The Morgan fingerprint density at radius 1 is 1.67 bits per heavy atom. The van der Waals surface area contributed by atoms with Crippen molar-refractivity contribution in [1.82, 2.24) is 4.98 Å². The lowest BCUT2D eigenvalue weighted by Gasteiger charge is -2.25. The molecule has 0 atom stereocenters. The van der Waals surface area contributed by atoms with Gasteiger partial charge in [0.05, 0.1) is 4.92 Å². The van der Waals surface area contributed by atoms with Gasteiger partial charge in [0.1, 0.15) is 11.9 Å². The first-order valence-corrected chi connectivity index (χ1v) is 4.53. The molecule has 0 spiro atoms. The van der Waals surface area contributed by atoms with E-state index in [-0.39, 0.29) is 11.2 Å². The van der Waals surface area contributed by atoms with Crippen LogP contribution in [0.4, 0.5) is 11.4 Å². The van der Waals surface area contributed by atoms with Crippen LogP contribution in [0.25, 0.3) is 0 Å². The quantitative estimate of drug-likeness (QED) is 0.574. The van der Waals surface area contributed by atoms with Crippen molar-refractivity contribution in [1.29, 1.82) is 0 Å². The van der Waals surface area contributed by atoms with Crippen molar-refractivity contribution in [3.63, 3.8) is 0 Å². The Morgan fingerprint density at radius 3 is 2.87 bits per heavy atom. The van der Waals surface area contributed by atoms with Gasteiger partial charge in [0.2, 0.25) is 0 Å². The van der Waals surface area contributed by atoms with Crippen LogP contribution in [0, 0.1) is 10.1 Å². The van der Waals surface area contributed by atoms with Gasteiger partial charge in [-0.05, 0) is 19.9 Å². The van der Waals surface area contributed by atoms with Gasteiger partial charge < -0.3 is 11.1 Å². The van der Waals surface area contributed by atoms with E-state index >= 15 is 0 Å². The molecule has 1 aromatic heterocycles. The summed E-state index contributed by atoms with van der Waals surface area (Å²) in [6, 6.07) is 1.57. The maximum absolute atomic E-state index is 10.7. The fraction of sp³-hybridized carbons (Fsp3) is 0.444. The van der Waals surface area contributed by atoms with Gasteiger partial charge in [-0.1, -0.05) is 0 Å². The molecule has 0 aliphatic heterocycles. The molecule has 0 aromatic carbocycles. The summed E-state index contributed by atoms with van der Waals surface area (Å²) in [5.74, 6) is 0. The van der Waals surface area contributed by atoms with Crippen LogP contribution in [-0.4, -0.2) is 22.0 Å². The van der Waals surface area contributed by atoms with Crippen LogP contribution >= 0.6 is 0 Å². The lowest BCUT2D eigenvalue weighted by molar-refractivity contribution is -0.384. The maximum atomic E-state index is 10.7. The van der Waals surface area contributed by atoms with E-state index in [9.17, 15) is 10.1 Å². The van der Waals surface area contributed by atoms with Gasteiger partial charge in [0.25, 0.3) is 0 Å². The Hall–Kier alpha value is -1.69. The fourth-order valence-electron chi connectivity index (χ4n) is 1.05. The van der Waals surface area contributed by atoms with E-state index < -0.39 is 4.92 Å². The van der Waals surface area contributed by atoms with Crippen molar-refractivity contribution in [3.05, 3.63) is 28.6 Å². The van der Waals surface area contributed by atoms with E-state index in [1.165, 1.54) is 12.4 Å². The Bertz CT molecular complexity index is 365. The number of nitrogens with one attached hydrogen (secondary N) is 1. The van der Waals surface area contributed by atoms with Crippen LogP contribution in [-0.2, 0) is 0 Å². The molecule has 0 aliphatic carbocycles. The van der Waals surface area contributed by atoms with E-state index in [4.69, 9.17) is 5.73 Å². The lowest BCUT2D eigenvalue weighted by Crippen LogP contribution is -2.39. The van der Waals surface area contributed by atoms with Crippen molar-refractivity contribution in [2.45, 2.75) is 19.4 Å². The number of hydrogen-bond acceptors (Lipinski definition) is 5. The third kappa shape index (κ3) is 2.88. The zero-order valence-electron chi connectivity index (χ0n) is 8.73. The van der Waals surface area contributed by atoms with Gasteiger partial charge in [0.15, 0.2) is 0 Å². The second-order valence-corrected chi connectivity index (χ2v) is 3.86. The molecule has 1 aromatic rings. The highest BCUT2D eigenvalue weighted by atomic mass is 16.6. The van der Waals surface area contributed by atoms with E-state index in [2.05, 4.69) is 10.3 Å². The zero-order chi connectivity index (χ0) is 11.5. The highest BCUT2D eigenvalue weighted by Crippen LogP contribution is 2.24. The first kappa shape index (κ1) is 11.4. The monoisotopic (exact) mass is 210 g/mol. The number of nitrogens with zero attached hydrogens (tertiary/aromatic N) is 2. The zero-order valence-corrected chi connectivity index (χ0v) is 8.73. The van der Waals surface area contributed by atoms with Gasteiger partial charge in [-0.2, -0.15) is 0 Å². The number of anilines is 1. The van der Waals surface area contributed by atoms with Gasteiger partial charge in [-0.15, -0.1) is 0 Å². The van der Waals surface area contributed by atoms with Crippen molar-refractivity contribution >= 4 is 11.4 Å². The Kier molecular flexibility index (Phi) is 3.21. The van der Waals surface area contributed by atoms with Crippen molar-refractivity contribution in [2.75, 3.05) is 11.9 Å². The number of pyridine rings is 1. The molecule has 0 fully saturated rings. The summed E-state index contributed by atoms with van der Waals surface area (Å²) in [5.41, 5.74) is 5.54. The molecular weight excluding hydrogens is 196 g/mol. The van der Waals surface area contributed by atoms with Crippen LogP contribution in [0.3, 0.4) is 0 Å². The molecule has 0 bridgehead atoms. The van der Waals surface area contributed by atoms with E-state index in [1.807, 2.05) is 13.8 Å². The number of nitro groups is 1. The molecule has 0 unspecified atom stereocenters. The van der Waals surface area contributed by atoms with Gasteiger partial charge in [-0.3, -0.25) is 15.1 Å². The first-order chi connectivity index (χ1) is 6.96. The number of hydrogen-bond donors (Lipinski definition) is 2. The number of aromatic nitrogens is 1. The molecule has 3 N–H and O–H groups in total. The Morgan fingerprint density at radius 2 is 2.33 bits per heavy atom. The average Bonchev–Trinajstić information content (AvgIpc) is 2.18. The van der Waals surface area contributed by atoms with Crippen LogP contribution in [0.2, 0.25) is 0 Å². The van der Waals surface area contributed by atoms with Crippen molar-refractivity contribution < 1.29 is 4.92 Å². The molecule has 0 saturated carbocycles. The fourth-order valence-corrected chi connectivity index (χ4v) is 1.05. The summed E-state index contributed by atoms with van der Waals surface area (Å²) in [4.78, 5) is 13.9. The summed E-state index contributed by atoms with van der Waals surface area (Å²) in [5, 5.41) is 13.7. The topological polar surface area (TPSA) is 94.1 Å². The van der Waals surface area contributed by atoms with Crippen LogP contribution in [0.1, 0.15) is 13.8 Å². The molecule has 1 rings (SSSR count). The highest BCUT2D eigenvalue weighted by Gasteiger charge is 2.20. The maximum Gasteiger partial charge on any atom is 0.310 e. The summed E-state index contributed by atoms with van der Waals surface area (Å²) >= 11 is 0. The highest BCUT2D eigenvalue weighted by molar-refractivity contribution is 5.60. The minimum Gasteiger partial charge on any atom is -0.373 e. The minimum absolute atomic E-state index is 0.0426. The van der Waals surface area contributed by atoms with Crippen LogP contribution in [0.5, 0.6) is 0 Å². The predicted molar refractivity (Wildman–Crippen MR) is 57.6 cm³/mol. The first-order valence-electron chi connectivity index (χ1n) is 4.53. The third-order valence-corrected chi connectivity index (χ3v) is 1.98. The van der Waals surface area contributed by atoms with E-state index in [1.54, 1.807) is 6.07 Å². The van der Waals surface area contributed by atoms with Gasteiger partial charge >= 0.3 is 5.69 Å². The van der Waals surface area contributed by atoms with Crippen LogP contribution < -0.4 is 11.1 Å². The van der Waals surface area contributed by atoms with Crippen molar-refractivity contribution in [3.8, 4) is 0 Å². The SMILES string of the molecule is CC(C)(CN)Nc1ccncc1[N+](=O)[O-]. The van der Waals surface area contributed by atoms with Crippen LogP contribution in [0.15, 0.2) is 18.5 Å². The molecule has 6 nitrogen and oxygen atoms in total. The van der Waals surface area contributed by atoms with E-state index in [0.717, 1.165) is 0 Å². The molecule has 15 heavy (non-hydrogen) atoms. The second-order valence-electron chi connectivity index (χ2n) is 3.86. The standard InChI is InChI=1S/C9H14N4O2/c1-9(2,6-10)12-7-3-4-11-5-8(7)13(14)15/h3-5H,6,10H2,1-2H3,(H,11,12). The molecule has 82 valence electrons. The molecule has 0 amide bonds. The summed E-state index contributed by atoms with van der Waals surface area (Å²) in [6.45, 7) is 4.13. The normalized spacial score (nSPS) is 11.1. The second kappa shape index (κ2) is 4.22. The predicted octanol–water partition coefficient (Wildman–Crippen LogP) is 1.14. The molecule has 1 heterocycles.